The van der Waals surface area contributed by atoms with Gasteiger partial charge in [-0.2, -0.15) is 0 Å². The summed E-state index contributed by atoms with van der Waals surface area (Å²) in [7, 11) is 1.62. The molecule has 5 heterocycles. The molecule has 8 heteroatoms. The van der Waals surface area contributed by atoms with Gasteiger partial charge in [0.2, 0.25) is 11.8 Å². The number of aromatic nitrogens is 2. The van der Waals surface area contributed by atoms with Crippen molar-refractivity contribution < 1.29 is 19.1 Å². The maximum atomic E-state index is 13.5. The second kappa shape index (κ2) is 6.17. The van der Waals surface area contributed by atoms with Crippen molar-refractivity contribution in [3.8, 4) is 0 Å². The van der Waals surface area contributed by atoms with Crippen molar-refractivity contribution in [1.82, 2.24) is 19.4 Å². The molecule has 144 valence electrons. The number of carbonyl (C=O) groups is 2. The maximum Gasteiger partial charge on any atom is 0.230 e. The lowest BCUT2D eigenvalue weighted by Crippen LogP contribution is -2.46. The van der Waals surface area contributed by atoms with Gasteiger partial charge < -0.3 is 23.8 Å². The number of rotatable bonds is 4. The van der Waals surface area contributed by atoms with Gasteiger partial charge in [-0.3, -0.25) is 9.59 Å². The van der Waals surface area contributed by atoms with E-state index >= 15 is 0 Å². The van der Waals surface area contributed by atoms with Crippen LogP contribution in [0.5, 0.6) is 0 Å². The van der Waals surface area contributed by atoms with Crippen molar-refractivity contribution in [2.45, 2.75) is 31.2 Å². The number of imidazole rings is 1. The molecule has 2 amide bonds. The molecule has 0 N–H and O–H groups in total. The SMILES string of the molecule is COCCN1C[C@]23C=C[C@H](O2)C(C(=O)N2CCCn4cncc4C2)C3C1=O. The molecule has 5 rings (SSSR count). The van der Waals surface area contributed by atoms with E-state index in [-0.39, 0.29) is 17.9 Å². The zero-order chi connectivity index (χ0) is 18.6. The fraction of sp³-hybridized carbons (Fsp3) is 0.632. The Morgan fingerprint density at radius 3 is 3.19 bits per heavy atom. The fourth-order valence-electron chi connectivity index (χ4n) is 5.04. The Labute approximate surface area is 157 Å². The summed E-state index contributed by atoms with van der Waals surface area (Å²) in [4.78, 5) is 34.4. The van der Waals surface area contributed by atoms with Crippen molar-refractivity contribution in [2.75, 3.05) is 33.4 Å². The van der Waals surface area contributed by atoms with Gasteiger partial charge in [0.15, 0.2) is 0 Å². The minimum Gasteiger partial charge on any atom is -0.383 e. The quantitative estimate of drug-likeness (QED) is 0.698. The van der Waals surface area contributed by atoms with Crippen LogP contribution in [0, 0.1) is 11.8 Å². The highest BCUT2D eigenvalue weighted by atomic mass is 16.5. The Kier molecular flexibility index (Phi) is 3.87. The molecule has 1 aromatic rings. The summed E-state index contributed by atoms with van der Waals surface area (Å²) < 4.78 is 13.4. The summed E-state index contributed by atoms with van der Waals surface area (Å²) >= 11 is 0. The number of ether oxygens (including phenoxy) is 2. The fourth-order valence-corrected chi connectivity index (χ4v) is 5.04. The van der Waals surface area contributed by atoms with Gasteiger partial charge in [0.1, 0.15) is 5.60 Å². The molecule has 2 fully saturated rings. The number of likely N-dealkylation sites (tertiary alicyclic amines) is 1. The van der Waals surface area contributed by atoms with Crippen molar-refractivity contribution in [3.05, 3.63) is 30.4 Å². The molecule has 0 saturated carbocycles. The standard InChI is InChI=1S/C19H24N4O4/c1-26-8-7-22-11-19-4-3-14(27-19)15(16(19)18(22)25)17(24)21-5-2-6-23-12-20-9-13(23)10-21/h3-4,9,12,14-16H,2,5-8,10-11H2,1H3/t14-,15?,16?,19-/m0/s1. The lowest BCUT2D eigenvalue weighted by atomic mass is 9.76. The average Bonchev–Trinajstić information content (AvgIpc) is 3.38. The third kappa shape index (κ3) is 2.46. The van der Waals surface area contributed by atoms with Crippen LogP contribution >= 0.6 is 0 Å². The molecule has 2 saturated heterocycles. The van der Waals surface area contributed by atoms with Gasteiger partial charge in [0.05, 0.1) is 49.7 Å². The van der Waals surface area contributed by atoms with Crippen molar-refractivity contribution in [2.24, 2.45) is 11.8 Å². The van der Waals surface area contributed by atoms with E-state index in [9.17, 15) is 9.59 Å². The van der Waals surface area contributed by atoms with E-state index in [1.807, 2.05) is 29.6 Å². The van der Waals surface area contributed by atoms with E-state index in [4.69, 9.17) is 9.47 Å². The number of hydrogen-bond acceptors (Lipinski definition) is 5. The van der Waals surface area contributed by atoms with Crippen LogP contribution in [0.1, 0.15) is 12.1 Å². The molecule has 8 nitrogen and oxygen atoms in total. The third-order valence-electron chi connectivity index (χ3n) is 6.32. The number of nitrogens with zero attached hydrogens (tertiary/aromatic N) is 4. The zero-order valence-corrected chi connectivity index (χ0v) is 15.4. The Bertz CT molecular complexity index is 805. The number of hydrogen-bond donors (Lipinski definition) is 0. The minimum absolute atomic E-state index is 0.0112. The van der Waals surface area contributed by atoms with Gasteiger partial charge in [-0.25, -0.2) is 4.98 Å². The Morgan fingerprint density at radius 1 is 1.44 bits per heavy atom. The minimum atomic E-state index is -0.649. The van der Waals surface area contributed by atoms with E-state index < -0.39 is 17.4 Å². The molecule has 0 radical (unpaired) electrons. The zero-order valence-electron chi connectivity index (χ0n) is 15.4. The molecule has 2 bridgehead atoms. The summed E-state index contributed by atoms with van der Waals surface area (Å²) in [5.41, 5.74) is 0.387. The number of fused-ring (bicyclic) bond motifs is 2. The molecule has 0 aliphatic carbocycles. The predicted octanol–water partition coefficient (Wildman–Crippen LogP) is 0.0438. The first-order chi connectivity index (χ1) is 13.1. The predicted molar refractivity (Wildman–Crippen MR) is 94.4 cm³/mol. The highest BCUT2D eigenvalue weighted by molar-refractivity contribution is 5.93. The first kappa shape index (κ1) is 16.9. The molecular formula is C19H24N4O4. The average molecular weight is 372 g/mol. The van der Waals surface area contributed by atoms with Gasteiger partial charge in [0, 0.05) is 32.9 Å². The maximum absolute atomic E-state index is 13.5. The lowest BCUT2D eigenvalue weighted by molar-refractivity contribution is -0.143. The van der Waals surface area contributed by atoms with Crippen molar-refractivity contribution >= 4 is 11.8 Å². The highest BCUT2D eigenvalue weighted by Crippen LogP contribution is 2.52. The summed E-state index contributed by atoms with van der Waals surface area (Å²) in [6.07, 6.45) is 8.17. The number of amides is 2. The topological polar surface area (TPSA) is 76.9 Å². The summed E-state index contributed by atoms with van der Waals surface area (Å²) in [6.45, 7) is 3.60. The summed E-state index contributed by atoms with van der Waals surface area (Å²) in [5.74, 6) is -0.834. The van der Waals surface area contributed by atoms with Crippen molar-refractivity contribution in [3.63, 3.8) is 0 Å². The van der Waals surface area contributed by atoms with Crippen LogP contribution in [0.15, 0.2) is 24.7 Å². The van der Waals surface area contributed by atoms with E-state index in [2.05, 4.69) is 9.55 Å². The largest absolute Gasteiger partial charge is 0.383 e. The lowest BCUT2D eigenvalue weighted by Gasteiger charge is -2.29. The second-order valence-electron chi connectivity index (χ2n) is 7.84. The summed E-state index contributed by atoms with van der Waals surface area (Å²) in [5, 5.41) is 0. The van der Waals surface area contributed by atoms with Crippen LogP contribution in [0.3, 0.4) is 0 Å². The van der Waals surface area contributed by atoms with Gasteiger partial charge in [-0.1, -0.05) is 12.2 Å². The Balaban J connectivity index is 1.40. The number of aryl methyl sites for hydroxylation is 1. The number of carbonyl (C=O) groups excluding carboxylic acids is 2. The third-order valence-corrected chi connectivity index (χ3v) is 6.32. The van der Waals surface area contributed by atoms with Gasteiger partial charge in [0.25, 0.3) is 0 Å². The molecule has 4 aliphatic rings. The van der Waals surface area contributed by atoms with E-state index in [0.29, 0.717) is 32.8 Å². The molecule has 4 atom stereocenters. The van der Waals surface area contributed by atoms with Gasteiger partial charge in [-0.05, 0) is 6.42 Å². The summed E-state index contributed by atoms with van der Waals surface area (Å²) in [6, 6.07) is 0. The molecule has 1 spiro atoms. The molecule has 1 aromatic heterocycles. The first-order valence-electron chi connectivity index (χ1n) is 9.56. The second-order valence-corrected chi connectivity index (χ2v) is 7.84. The van der Waals surface area contributed by atoms with Crippen LogP contribution in [0.25, 0.3) is 0 Å². The molecule has 2 unspecified atom stereocenters. The van der Waals surface area contributed by atoms with E-state index in [1.165, 1.54) is 0 Å². The Morgan fingerprint density at radius 2 is 2.33 bits per heavy atom. The molecule has 0 aromatic carbocycles. The molecular weight excluding hydrogens is 348 g/mol. The monoisotopic (exact) mass is 372 g/mol. The highest BCUT2D eigenvalue weighted by Gasteiger charge is 2.67. The van der Waals surface area contributed by atoms with E-state index in [0.717, 1.165) is 18.7 Å². The van der Waals surface area contributed by atoms with Crippen LogP contribution in [0.4, 0.5) is 0 Å². The normalized spacial score (nSPS) is 34.1. The molecule has 4 aliphatic heterocycles. The van der Waals surface area contributed by atoms with Crippen LogP contribution in [-0.2, 0) is 32.2 Å². The smallest absolute Gasteiger partial charge is 0.230 e. The van der Waals surface area contributed by atoms with Crippen LogP contribution in [-0.4, -0.2) is 76.2 Å². The number of methoxy groups -OCH3 is 1. The Hall–Kier alpha value is -2.19. The van der Waals surface area contributed by atoms with E-state index in [1.54, 1.807) is 12.0 Å². The first-order valence-corrected chi connectivity index (χ1v) is 9.56. The van der Waals surface area contributed by atoms with Crippen molar-refractivity contribution in [1.29, 1.82) is 0 Å². The van der Waals surface area contributed by atoms with Crippen LogP contribution < -0.4 is 0 Å². The molecule has 27 heavy (non-hydrogen) atoms. The van der Waals surface area contributed by atoms with Gasteiger partial charge in [-0.15, -0.1) is 0 Å². The van der Waals surface area contributed by atoms with Crippen LogP contribution in [0.2, 0.25) is 0 Å². The van der Waals surface area contributed by atoms with Gasteiger partial charge >= 0.3 is 0 Å².